The van der Waals surface area contributed by atoms with Crippen molar-refractivity contribution in [2.45, 2.75) is 38.5 Å². The average Bonchev–Trinajstić information content (AvgIpc) is 2.79. The van der Waals surface area contributed by atoms with Crippen LogP contribution in [0.3, 0.4) is 0 Å². The molecule has 0 aliphatic carbocycles. The molecule has 2 atom stereocenters. The van der Waals surface area contributed by atoms with E-state index in [-0.39, 0.29) is 12.6 Å². The zero-order valence-electron chi connectivity index (χ0n) is 10.8. The van der Waals surface area contributed by atoms with E-state index in [2.05, 4.69) is 0 Å². The van der Waals surface area contributed by atoms with Crippen molar-refractivity contribution in [3.63, 3.8) is 0 Å². The summed E-state index contributed by atoms with van der Waals surface area (Å²) >= 11 is 0. The minimum absolute atomic E-state index is 0.0932. The number of hydrogen-bond donors (Lipinski definition) is 1. The molecule has 1 aromatic carbocycles. The molecule has 102 valence electrons. The maximum atomic E-state index is 12.0. The zero-order chi connectivity index (χ0) is 13.8. The number of rotatable bonds is 3. The molecule has 0 bridgehead atoms. The van der Waals surface area contributed by atoms with E-state index in [9.17, 15) is 9.59 Å². The molecular weight excluding hydrogens is 246 g/mol. The molecule has 1 heterocycles. The molecular formula is C14H17NO4. The number of likely N-dealkylation sites (tertiary alicyclic amines) is 1. The molecule has 2 rings (SSSR count). The predicted octanol–water partition coefficient (Wildman–Crippen LogP) is 2.26. The highest BCUT2D eigenvalue weighted by molar-refractivity contribution is 5.81. The number of amides is 1. The molecule has 1 aromatic rings. The van der Waals surface area contributed by atoms with Crippen LogP contribution in [0.25, 0.3) is 0 Å². The fourth-order valence-corrected chi connectivity index (χ4v) is 2.33. The maximum absolute atomic E-state index is 12.0. The van der Waals surface area contributed by atoms with Crippen molar-refractivity contribution >= 4 is 12.1 Å². The van der Waals surface area contributed by atoms with Crippen LogP contribution in [-0.2, 0) is 16.1 Å². The number of benzene rings is 1. The van der Waals surface area contributed by atoms with Crippen molar-refractivity contribution in [3.8, 4) is 0 Å². The molecule has 0 aromatic heterocycles. The van der Waals surface area contributed by atoms with Crippen LogP contribution in [-0.4, -0.2) is 34.2 Å². The Hall–Kier alpha value is -2.04. The summed E-state index contributed by atoms with van der Waals surface area (Å²) in [6.45, 7) is 2.00. The topological polar surface area (TPSA) is 66.8 Å². The number of ether oxygens (including phenoxy) is 1. The second-order valence-electron chi connectivity index (χ2n) is 4.73. The molecule has 1 saturated heterocycles. The second kappa shape index (κ2) is 5.73. The Bertz CT molecular complexity index is 460. The lowest BCUT2D eigenvalue weighted by atomic mass is 10.2. The van der Waals surface area contributed by atoms with Crippen molar-refractivity contribution in [2.24, 2.45) is 0 Å². The summed E-state index contributed by atoms with van der Waals surface area (Å²) in [6, 6.07) is 8.46. The average molecular weight is 263 g/mol. The highest BCUT2D eigenvalue weighted by atomic mass is 16.6. The Balaban J connectivity index is 1.97. The third kappa shape index (κ3) is 3.05. The number of carbonyl (C=O) groups is 2. The van der Waals surface area contributed by atoms with Gasteiger partial charge in [0.05, 0.1) is 0 Å². The molecule has 1 aliphatic rings. The molecule has 1 aliphatic heterocycles. The quantitative estimate of drug-likeness (QED) is 0.908. The van der Waals surface area contributed by atoms with Gasteiger partial charge in [-0.3, -0.25) is 4.90 Å². The van der Waals surface area contributed by atoms with Gasteiger partial charge in [0.1, 0.15) is 12.6 Å². The molecule has 0 radical (unpaired) electrons. The highest BCUT2D eigenvalue weighted by Crippen LogP contribution is 2.25. The van der Waals surface area contributed by atoms with Gasteiger partial charge in [0.25, 0.3) is 0 Å². The van der Waals surface area contributed by atoms with E-state index in [0.717, 1.165) is 5.56 Å². The second-order valence-corrected chi connectivity index (χ2v) is 4.73. The van der Waals surface area contributed by atoms with Gasteiger partial charge in [-0.05, 0) is 25.3 Å². The zero-order valence-corrected chi connectivity index (χ0v) is 10.8. The highest BCUT2D eigenvalue weighted by Gasteiger charge is 2.39. The number of aliphatic carboxylic acids is 1. The largest absolute Gasteiger partial charge is 0.480 e. The Labute approximate surface area is 111 Å². The van der Waals surface area contributed by atoms with Gasteiger partial charge in [0, 0.05) is 6.04 Å². The van der Waals surface area contributed by atoms with Gasteiger partial charge in [-0.1, -0.05) is 30.3 Å². The van der Waals surface area contributed by atoms with Gasteiger partial charge >= 0.3 is 12.1 Å². The first-order valence-electron chi connectivity index (χ1n) is 6.31. The molecule has 0 spiro atoms. The lowest BCUT2D eigenvalue weighted by molar-refractivity contribution is -0.142. The van der Waals surface area contributed by atoms with Gasteiger partial charge in [-0.15, -0.1) is 0 Å². The van der Waals surface area contributed by atoms with Gasteiger partial charge in [0.2, 0.25) is 0 Å². The van der Waals surface area contributed by atoms with Gasteiger partial charge < -0.3 is 9.84 Å². The van der Waals surface area contributed by atoms with Crippen LogP contribution in [0, 0.1) is 0 Å². The van der Waals surface area contributed by atoms with Crippen molar-refractivity contribution in [2.75, 3.05) is 0 Å². The summed E-state index contributed by atoms with van der Waals surface area (Å²) in [5.41, 5.74) is 0.884. The van der Waals surface area contributed by atoms with E-state index in [4.69, 9.17) is 9.84 Å². The lowest BCUT2D eigenvalue weighted by Gasteiger charge is -2.25. The molecule has 1 fully saturated rings. The summed E-state index contributed by atoms with van der Waals surface area (Å²) in [6.07, 6.45) is 0.621. The molecule has 1 amide bonds. The minimum Gasteiger partial charge on any atom is -0.480 e. The van der Waals surface area contributed by atoms with Crippen LogP contribution < -0.4 is 0 Å². The van der Waals surface area contributed by atoms with Crippen LogP contribution in [0.4, 0.5) is 4.79 Å². The fourth-order valence-electron chi connectivity index (χ4n) is 2.33. The summed E-state index contributed by atoms with van der Waals surface area (Å²) in [5, 5.41) is 9.09. The van der Waals surface area contributed by atoms with Crippen molar-refractivity contribution in [3.05, 3.63) is 35.9 Å². The van der Waals surface area contributed by atoms with Gasteiger partial charge in [0.15, 0.2) is 0 Å². The Morgan fingerprint density at radius 3 is 2.63 bits per heavy atom. The monoisotopic (exact) mass is 263 g/mol. The van der Waals surface area contributed by atoms with Crippen LogP contribution >= 0.6 is 0 Å². The molecule has 0 unspecified atom stereocenters. The summed E-state index contributed by atoms with van der Waals surface area (Å²) in [4.78, 5) is 24.4. The minimum atomic E-state index is -0.971. The maximum Gasteiger partial charge on any atom is 0.411 e. The molecule has 0 saturated carbocycles. The first-order chi connectivity index (χ1) is 9.09. The molecule has 19 heavy (non-hydrogen) atoms. The Morgan fingerprint density at radius 1 is 1.32 bits per heavy atom. The van der Waals surface area contributed by atoms with Crippen LogP contribution in [0.2, 0.25) is 0 Å². The Kier molecular flexibility index (Phi) is 4.04. The van der Waals surface area contributed by atoms with E-state index in [1.54, 1.807) is 0 Å². The standard InChI is InChI=1S/C14H17NO4/c1-10-7-8-12(13(16)17)15(10)14(18)19-9-11-5-3-2-4-6-11/h2-6,10,12H,7-9H2,1H3,(H,16,17)/t10-,12-/m0/s1. The van der Waals surface area contributed by atoms with E-state index in [0.29, 0.717) is 12.8 Å². The SMILES string of the molecule is C[C@H]1CC[C@@H](C(=O)O)N1C(=O)OCc1ccccc1. The third-order valence-electron chi connectivity index (χ3n) is 3.37. The first kappa shape index (κ1) is 13.4. The van der Waals surface area contributed by atoms with E-state index in [1.165, 1.54) is 4.90 Å². The number of hydrogen-bond acceptors (Lipinski definition) is 3. The molecule has 5 nitrogen and oxygen atoms in total. The Morgan fingerprint density at radius 2 is 2.00 bits per heavy atom. The van der Waals surface area contributed by atoms with E-state index in [1.807, 2.05) is 37.3 Å². The van der Waals surface area contributed by atoms with Crippen molar-refractivity contribution < 1.29 is 19.4 Å². The number of nitrogens with zero attached hydrogens (tertiary/aromatic N) is 1. The van der Waals surface area contributed by atoms with Crippen molar-refractivity contribution in [1.29, 1.82) is 0 Å². The fraction of sp³-hybridized carbons (Fsp3) is 0.429. The molecule has 1 N–H and O–H groups in total. The van der Waals surface area contributed by atoms with Crippen molar-refractivity contribution in [1.82, 2.24) is 4.90 Å². The number of carbonyl (C=O) groups excluding carboxylic acids is 1. The number of carboxylic acids is 1. The van der Waals surface area contributed by atoms with Crippen LogP contribution in [0.5, 0.6) is 0 Å². The van der Waals surface area contributed by atoms with E-state index >= 15 is 0 Å². The normalized spacial score (nSPS) is 22.3. The molecule has 5 heteroatoms. The van der Waals surface area contributed by atoms with Crippen LogP contribution in [0.15, 0.2) is 30.3 Å². The summed E-state index contributed by atoms with van der Waals surface area (Å²) in [5.74, 6) is -0.971. The lowest BCUT2D eigenvalue weighted by Crippen LogP contribution is -2.44. The van der Waals surface area contributed by atoms with Gasteiger partial charge in [-0.25, -0.2) is 9.59 Å². The first-order valence-corrected chi connectivity index (χ1v) is 6.31. The predicted molar refractivity (Wildman–Crippen MR) is 68.6 cm³/mol. The van der Waals surface area contributed by atoms with E-state index < -0.39 is 18.1 Å². The number of carboxylic acid groups (broad SMARTS) is 1. The van der Waals surface area contributed by atoms with Crippen LogP contribution in [0.1, 0.15) is 25.3 Å². The smallest absolute Gasteiger partial charge is 0.411 e. The summed E-state index contributed by atoms with van der Waals surface area (Å²) < 4.78 is 5.19. The third-order valence-corrected chi connectivity index (χ3v) is 3.37. The summed E-state index contributed by atoms with van der Waals surface area (Å²) in [7, 11) is 0. The van der Waals surface area contributed by atoms with Gasteiger partial charge in [-0.2, -0.15) is 0 Å².